The standard InChI is InChI=1S/C19H20N2O6/c1-25-18(23)15-6-8-21(9-7-15)17(22)11-26-19(24)14-4-2-13(3-5-14)16-10-20-12-27-16/h2-5,10,12,15H,6-9,11H2,1H3. The van der Waals surface area contributed by atoms with E-state index in [9.17, 15) is 14.4 Å². The molecule has 1 amide bonds. The monoisotopic (exact) mass is 372 g/mol. The van der Waals surface area contributed by atoms with Crippen molar-refractivity contribution < 1.29 is 28.3 Å². The van der Waals surface area contributed by atoms with E-state index in [0.717, 1.165) is 5.56 Å². The Kier molecular flexibility index (Phi) is 5.85. The fourth-order valence-corrected chi connectivity index (χ4v) is 2.96. The molecule has 1 aliphatic heterocycles. The number of carbonyl (C=O) groups excluding carboxylic acids is 3. The number of ether oxygens (including phenoxy) is 2. The number of likely N-dealkylation sites (tertiary alicyclic amines) is 1. The molecule has 0 bridgehead atoms. The summed E-state index contributed by atoms with van der Waals surface area (Å²) in [4.78, 5) is 41.3. The summed E-state index contributed by atoms with van der Waals surface area (Å²) in [5, 5.41) is 0. The fourth-order valence-electron chi connectivity index (χ4n) is 2.96. The van der Waals surface area contributed by atoms with Gasteiger partial charge in [0.15, 0.2) is 18.8 Å². The van der Waals surface area contributed by atoms with Crippen LogP contribution in [0.1, 0.15) is 23.2 Å². The molecule has 1 saturated heterocycles. The van der Waals surface area contributed by atoms with Crippen LogP contribution in [-0.4, -0.2) is 54.5 Å². The molecule has 1 aromatic heterocycles. The van der Waals surface area contributed by atoms with E-state index in [0.29, 0.717) is 37.3 Å². The number of hydrogen-bond acceptors (Lipinski definition) is 7. The van der Waals surface area contributed by atoms with Crippen molar-refractivity contribution in [1.29, 1.82) is 0 Å². The summed E-state index contributed by atoms with van der Waals surface area (Å²) < 4.78 is 15.0. The molecule has 0 saturated carbocycles. The van der Waals surface area contributed by atoms with Crippen molar-refractivity contribution in [1.82, 2.24) is 9.88 Å². The predicted octanol–water partition coefficient (Wildman–Crippen LogP) is 1.91. The lowest BCUT2D eigenvalue weighted by Gasteiger charge is -2.30. The van der Waals surface area contributed by atoms with E-state index in [1.165, 1.54) is 13.5 Å². The van der Waals surface area contributed by atoms with Crippen LogP contribution in [0.3, 0.4) is 0 Å². The molecule has 8 nitrogen and oxygen atoms in total. The minimum atomic E-state index is -0.572. The van der Waals surface area contributed by atoms with Crippen LogP contribution in [0.15, 0.2) is 41.3 Å². The largest absolute Gasteiger partial charge is 0.469 e. The zero-order valence-electron chi connectivity index (χ0n) is 14.9. The average molecular weight is 372 g/mol. The maximum absolute atomic E-state index is 12.2. The zero-order chi connectivity index (χ0) is 19.2. The lowest BCUT2D eigenvalue weighted by Crippen LogP contribution is -2.42. The van der Waals surface area contributed by atoms with Gasteiger partial charge in [0.05, 0.1) is 24.8 Å². The number of rotatable bonds is 5. The quantitative estimate of drug-likeness (QED) is 0.739. The summed E-state index contributed by atoms with van der Waals surface area (Å²) >= 11 is 0. The predicted molar refractivity (Wildman–Crippen MR) is 93.5 cm³/mol. The van der Waals surface area contributed by atoms with E-state index >= 15 is 0 Å². The molecule has 1 aromatic carbocycles. The Labute approximate surface area is 156 Å². The van der Waals surface area contributed by atoms with Crippen molar-refractivity contribution in [3.63, 3.8) is 0 Å². The van der Waals surface area contributed by atoms with Gasteiger partial charge in [0.1, 0.15) is 0 Å². The molecule has 2 heterocycles. The highest BCUT2D eigenvalue weighted by molar-refractivity contribution is 5.91. The Morgan fingerprint density at radius 3 is 2.48 bits per heavy atom. The molecule has 0 atom stereocenters. The fraction of sp³-hybridized carbons (Fsp3) is 0.368. The van der Waals surface area contributed by atoms with E-state index in [1.807, 2.05) is 0 Å². The first-order valence-electron chi connectivity index (χ1n) is 8.60. The number of methoxy groups -OCH3 is 1. The second-order valence-electron chi connectivity index (χ2n) is 6.20. The third kappa shape index (κ3) is 4.52. The van der Waals surface area contributed by atoms with Crippen molar-refractivity contribution >= 4 is 17.8 Å². The lowest BCUT2D eigenvalue weighted by molar-refractivity contribution is -0.149. The highest BCUT2D eigenvalue weighted by Crippen LogP contribution is 2.20. The van der Waals surface area contributed by atoms with Gasteiger partial charge in [-0.05, 0) is 25.0 Å². The third-order valence-electron chi connectivity index (χ3n) is 4.55. The molecule has 0 aliphatic carbocycles. The number of nitrogens with zero attached hydrogens (tertiary/aromatic N) is 2. The Morgan fingerprint density at radius 1 is 1.19 bits per heavy atom. The Morgan fingerprint density at radius 2 is 1.89 bits per heavy atom. The molecule has 8 heteroatoms. The minimum Gasteiger partial charge on any atom is -0.469 e. The van der Waals surface area contributed by atoms with Gasteiger partial charge in [-0.2, -0.15) is 0 Å². The van der Waals surface area contributed by atoms with Crippen LogP contribution in [0.5, 0.6) is 0 Å². The molecule has 27 heavy (non-hydrogen) atoms. The number of piperidine rings is 1. The zero-order valence-corrected chi connectivity index (χ0v) is 14.9. The first-order chi connectivity index (χ1) is 13.1. The van der Waals surface area contributed by atoms with Crippen molar-refractivity contribution in [2.75, 3.05) is 26.8 Å². The summed E-state index contributed by atoms with van der Waals surface area (Å²) in [6.45, 7) is 0.565. The summed E-state index contributed by atoms with van der Waals surface area (Å²) in [6.07, 6.45) is 4.01. The van der Waals surface area contributed by atoms with E-state index < -0.39 is 5.97 Å². The maximum atomic E-state index is 12.2. The minimum absolute atomic E-state index is 0.176. The van der Waals surface area contributed by atoms with Gasteiger partial charge in [0.2, 0.25) is 0 Å². The van der Waals surface area contributed by atoms with Crippen molar-refractivity contribution in [2.45, 2.75) is 12.8 Å². The van der Waals surface area contributed by atoms with Gasteiger partial charge in [-0.3, -0.25) is 9.59 Å². The molecule has 142 valence electrons. The Bertz CT molecular complexity index is 792. The first-order valence-corrected chi connectivity index (χ1v) is 8.60. The number of esters is 2. The topological polar surface area (TPSA) is 98.9 Å². The SMILES string of the molecule is COC(=O)C1CCN(C(=O)COC(=O)c2ccc(-c3cnco3)cc2)CC1. The van der Waals surface area contributed by atoms with E-state index in [-0.39, 0.29) is 24.4 Å². The number of aromatic nitrogens is 1. The van der Waals surface area contributed by atoms with Crippen LogP contribution >= 0.6 is 0 Å². The summed E-state index contributed by atoms with van der Waals surface area (Å²) in [5.74, 6) is -0.672. The Balaban J connectivity index is 1.47. The van der Waals surface area contributed by atoms with Gasteiger partial charge < -0.3 is 18.8 Å². The van der Waals surface area contributed by atoms with Crippen molar-refractivity contribution in [3.8, 4) is 11.3 Å². The molecule has 0 radical (unpaired) electrons. The smallest absolute Gasteiger partial charge is 0.338 e. The van der Waals surface area contributed by atoms with Crippen molar-refractivity contribution in [3.05, 3.63) is 42.4 Å². The van der Waals surface area contributed by atoms with Crippen LogP contribution in [0.25, 0.3) is 11.3 Å². The molecule has 3 rings (SSSR count). The molecular formula is C19H20N2O6. The third-order valence-corrected chi connectivity index (χ3v) is 4.55. The number of hydrogen-bond donors (Lipinski definition) is 0. The summed E-state index contributed by atoms with van der Waals surface area (Å²) in [6, 6.07) is 6.64. The van der Waals surface area contributed by atoms with Crippen LogP contribution in [0, 0.1) is 5.92 Å². The highest BCUT2D eigenvalue weighted by Gasteiger charge is 2.28. The van der Waals surface area contributed by atoms with E-state index in [1.54, 1.807) is 35.4 Å². The van der Waals surface area contributed by atoms with Crippen LogP contribution in [-0.2, 0) is 19.1 Å². The molecule has 0 unspecified atom stereocenters. The van der Waals surface area contributed by atoms with E-state index in [4.69, 9.17) is 13.9 Å². The van der Waals surface area contributed by atoms with Crippen LogP contribution in [0.2, 0.25) is 0 Å². The van der Waals surface area contributed by atoms with Gasteiger partial charge in [-0.15, -0.1) is 0 Å². The highest BCUT2D eigenvalue weighted by atomic mass is 16.5. The van der Waals surface area contributed by atoms with Gasteiger partial charge in [0.25, 0.3) is 5.91 Å². The summed E-state index contributed by atoms with van der Waals surface area (Å²) in [7, 11) is 1.36. The molecule has 0 spiro atoms. The number of benzene rings is 1. The number of oxazole rings is 1. The lowest BCUT2D eigenvalue weighted by atomic mass is 9.97. The number of amides is 1. The van der Waals surface area contributed by atoms with Gasteiger partial charge in [-0.1, -0.05) is 12.1 Å². The molecular weight excluding hydrogens is 352 g/mol. The van der Waals surface area contributed by atoms with Crippen LogP contribution < -0.4 is 0 Å². The maximum Gasteiger partial charge on any atom is 0.338 e. The molecule has 1 fully saturated rings. The molecule has 0 N–H and O–H groups in total. The second-order valence-corrected chi connectivity index (χ2v) is 6.20. The Hall–Kier alpha value is -3.16. The molecule has 2 aromatic rings. The molecule has 1 aliphatic rings. The van der Waals surface area contributed by atoms with E-state index in [2.05, 4.69) is 4.98 Å². The van der Waals surface area contributed by atoms with Crippen LogP contribution in [0.4, 0.5) is 0 Å². The second kappa shape index (κ2) is 8.48. The van der Waals surface area contributed by atoms with Crippen molar-refractivity contribution in [2.24, 2.45) is 5.92 Å². The average Bonchev–Trinajstić information content (AvgIpc) is 3.26. The van der Waals surface area contributed by atoms with Gasteiger partial charge in [-0.25, -0.2) is 9.78 Å². The van der Waals surface area contributed by atoms with Gasteiger partial charge in [0, 0.05) is 18.7 Å². The normalized spacial score (nSPS) is 14.6. The number of carbonyl (C=O) groups is 3. The first kappa shape index (κ1) is 18.6. The van der Waals surface area contributed by atoms with Gasteiger partial charge >= 0.3 is 11.9 Å². The summed E-state index contributed by atoms with van der Waals surface area (Å²) in [5.41, 5.74) is 1.13.